The van der Waals surface area contributed by atoms with Gasteiger partial charge in [-0.25, -0.2) is 0 Å². The number of nitrogens with zero attached hydrogens (tertiary/aromatic N) is 2. The molecule has 9 heavy (non-hydrogen) atoms. The number of nitrogens with one attached hydrogen (secondary N) is 1. The quantitative estimate of drug-likeness (QED) is 0.609. The van der Waals surface area contributed by atoms with Gasteiger partial charge in [-0.05, 0) is 11.6 Å². The summed E-state index contributed by atoms with van der Waals surface area (Å²) in [6.07, 6.45) is 0. The topological polar surface area (TPSA) is 58.6 Å². The van der Waals surface area contributed by atoms with Crippen LogP contribution in [0.1, 0.15) is 0 Å². The molecule has 0 aliphatic carbocycles. The van der Waals surface area contributed by atoms with E-state index in [4.69, 9.17) is 23.2 Å². The lowest BCUT2D eigenvalue weighted by Gasteiger charge is -1.84. The molecule has 0 amide bonds. The first kappa shape index (κ1) is 6.51. The minimum absolute atomic E-state index is 0.0654. The van der Waals surface area contributed by atoms with Crippen LogP contribution in [0.4, 0.5) is 0 Å². The lowest BCUT2D eigenvalue weighted by atomic mass is 10.9. The van der Waals surface area contributed by atoms with Crippen LogP contribution in [0.15, 0.2) is 4.79 Å². The minimum atomic E-state index is -0.531. The molecule has 6 heteroatoms. The molecule has 1 N–H and O–H groups in total. The molecule has 48 valence electrons. The van der Waals surface area contributed by atoms with E-state index in [0.717, 1.165) is 0 Å². The Labute approximate surface area is 59.8 Å². The average molecular weight is 166 g/mol. The number of hydrogen-bond donors (Lipinski definition) is 1. The van der Waals surface area contributed by atoms with Crippen molar-refractivity contribution in [1.29, 1.82) is 0 Å². The molecule has 0 atom stereocenters. The second-order valence-corrected chi connectivity index (χ2v) is 1.95. The first-order valence-electron chi connectivity index (χ1n) is 1.98. The second-order valence-electron chi connectivity index (χ2n) is 1.24. The van der Waals surface area contributed by atoms with Crippen LogP contribution in [-0.2, 0) is 0 Å². The molecule has 0 saturated carbocycles. The molecule has 0 unspecified atom stereocenters. The Bertz CT molecular complexity index is 270. The third-order valence-electron chi connectivity index (χ3n) is 0.630. The van der Waals surface area contributed by atoms with Gasteiger partial charge in [-0.3, -0.25) is 9.78 Å². The van der Waals surface area contributed by atoms with E-state index in [1.165, 1.54) is 0 Å². The van der Waals surface area contributed by atoms with Crippen LogP contribution in [0.3, 0.4) is 0 Å². The van der Waals surface area contributed by atoms with E-state index >= 15 is 0 Å². The van der Waals surface area contributed by atoms with Crippen molar-refractivity contribution in [3.63, 3.8) is 0 Å². The Morgan fingerprint density at radius 1 is 1.33 bits per heavy atom. The summed E-state index contributed by atoms with van der Waals surface area (Å²) in [7, 11) is 0. The maximum absolute atomic E-state index is 10.5. The minimum Gasteiger partial charge on any atom is -0.293 e. The van der Waals surface area contributed by atoms with Crippen LogP contribution in [0.25, 0.3) is 0 Å². The van der Waals surface area contributed by atoms with Gasteiger partial charge in [-0.1, -0.05) is 11.6 Å². The molecule has 1 aromatic heterocycles. The molecule has 1 heterocycles. The highest BCUT2D eigenvalue weighted by molar-refractivity contribution is 6.30. The zero-order chi connectivity index (χ0) is 6.85. The second kappa shape index (κ2) is 2.33. The van der Waals surface area contributed by atoms with Crippen molar-refractivity contribution in [3.8, 4) is 0 Å². The van der Waals surface area contributed by atoms with Gasteiger partial charge in [0.15, 0.2) is 0 Å². The summed E-state index contributed by atoms with van der Waals surface area (Å²) < 4.78 is 0. The van der Waals surface area contributed by atoms with Crippen molar-refractivity contribution < 1.29 is 0 Å². The molecule has 1 rings (SSSR count). The van der Waals surface area contributed by atoms with Crippen LogP contribution in [0.5, 0.6) is 0 Å². The molecule has 0 aromatic carbocycles. The van der Waals surface area contributed by atoms with E-state index in [0.29, 0.717) is 0 Å². The summed E-state index contributed by atoms with van der Waals surface area (Å²) in [6.45, 7) is 0. The van der Waals surface area contributed by atoms with E-state index in [2.05, 4.69) is 15.2 Å². The van der Waals surface area contributed by atoms with Gasteiger partial charge in [0.1, 0.15) is 0 Å². The highest BCUT2D eigenvalue weighted by Gasteiger charge is 1.96. The fourth-order valence-corrected chi connectivity index (χ4v) is 0.512. The van der Waals surface area contributed by atoms with Crippen LogP contribution in [-0.4, -0.2) is 15.2 Å². The molecule has 0 aliphatic heterocycles. The number of hydrogen-bond acceptors (Lipinski definition) is 3. The molecule has 0 bridgehead atoms. The molecule has 0 saturated heterocycles. The molecule has 0 fully saturated rings. The Balaban J connectivity index is 3.34. The van der Waals surface area contributed by atoms with E-state index in [1.807, 2.05) is 0 Å². The number of aromatic amines is 1. The predicted octanol–water partition coefficient (Wildman–Crippen LogP) is 0.472. The van der Waals surface area contributed by atoms with Gasteiger partial charge in [-0.2, -0.15) is 0 Å². The Morgan fingerprint density at radius 3 is 2.44 bits per heavy atom. The maximum atomic E-state index is 10.5. The maximum Gasteiger partial charge on any atom is 0.289 e. The molecular formula is C3HCl2N3O. The highest BCUT2D eigenvalue weighted by atomic mass is 35.5. The fourth-order valence-electron chi connectivity index (χ4n) is 0.303. The smallest absolute Gasteiger partial charge is 0.289 e. The first-order valence-corrected chi connectivity index (χ1v) is 2.74. The largest absolute Gasteiger partial charge is 0.293 e. The van der Waals surface area contributed by atoms with Gasteiger partial charge in [0.05, 0.1) is 0 Å². The molecule has 0 spiro atoms. The van der Waals surface area contributed by atoms with Crippen molar-refractivity contribution in [2.45, 2.75) is 0 Å². The van der Waals surface area contributed by atoms with Crippen LogP contribution < -0.4 is 5.56 Å². The average Bonchev–Trinajstić information content (AvgIpc) is 1.80. The fraction of sp³-hybridized carbons (Fsp3) is 0. The first-order chi connectivity index (χ1) is 4.20. The van der Waals surface area contributed by atoms with Gasteiger partial charge in [0, 0.05) is 0 Å². The van der Waals surface area contributed by atoms with Crippen molar-refractivity contribution >= 4 is 23.2 Å². The van der Waals surface area contributed by atoms with Gasteiger partial charge >= 0.3 is 0 Å². The van der Waals surface area contributed by atoms with E-state index in [-0.39, 0.29) is 10.4 Å². The van der Waals surface area contributed by atoms with Crippen LogP contribution in [0.2, 0.25) is 10.4 Å². The van der Waals surface area contributed by atoms with E-state index in [1.54, 1.807) is 0 Å². The van der Waals surface area contributed by atoms with Crippen molar-refractivity contribution in [3.05, 3.63) is 20.8 Å². The normalized spacial score (nSPS) is 9.56. The SMILES string of the molecule is O=c1[nH]c(Cl)nnc1Cl. The zero-order valence-corrected chi connectivity index (χ0v) is 5.57. The molecule has 0 aliphatic rings. The Morgan fingerprint density at radius 2 is 2.00 bits per heavy atom. The Hall–Kier alpha value is -0.610. The van der Waals surface area contributed by atoms with Crippen LogP contribution in [0, 0.1) is 0 Å². The lowest BCUT2D eigenvalue weighted by Crippen LogP contribution is -2.09. The molecule has 4 nitrogen and oxygen atoms in total. The summed E-state index contributed by atoms with van der Waals surface area (Å²) in [6, 6.07) is 0. The number of halogens is 2. The zero-order valence-electron chi connectivity index (χ0n) is 4.06. The Kier molecular flexibility index (Phi) is 1.68. The summed E-state index contributed by atoms with van der Waals surface area (Å²) in [5.41, 5.74) is -0.531. The van der Waals surface area contributed by atoms with Crippen molar-refractivity contribution in [2.24, 2.45) is 0 Å². The lowest BCUT2D eigenvalue weighted by molar-refractivity contribution is 0.945. The van der Waals surface area contributed by atoms with E-state index in [9.17, 15) is 4.79 Å². The summed E-state index contributed by atoms with van der Waals surface area (Å²) in [5.74, 6) is 0. The van der Waals surface area contributed by atoms with Gasteiger partial charge in [0.25, 0.3) is 5.56 Å². The third kappa shape index (κ3) is 1.40. The number of H-pyrrole nitrogens is 1. The summed E-state index contributed by atoms with van der Waals surface area (Å²) in [4.78, 5) is 12.6. The van der Waals surface area contributed by atoms with E-state index < -0.39 is 5.56 Å². The number of rotatable bonds is 0. The van der Waals surface area contributed by atoms with Gasteiger partial charge in [0.2, 0.25) is 10.4 Å². The predicted molar refractivity (Wildman–Crippen MR) is 32.7 cm³/mol. The molecular weight excluding hydrogens is 165 g/mol. The van der Waals surface area contributed by atoms with Gasteiger partial charge in [-0.15, -0.1) is 10.2 Å². The number of aromatic nitrogens is 3. The monoisotopic (exact) mass is 165 g/mol. The highest BCUT2D eigenvalue weighted by Crippen LogP contribution is 1.94. The molecule has 1 aromatic rings. The third-order valence-corrected chi connectivity index (χ3v) is 1.05. The van der Waals surface area contributed by atoms with Crippen molar-refractivity contribution in [2.75, 3.05) is 0 Å². The van der Waals surface area contributed by atoms with Crippen LogP contribution >= 0.6 is 23.2 Å². The van der Waals surface area contributed by atoms with Crippen molar-refractivity contribution in [1.82, 2.24) is 15.2 Å². The standard InChI is InChI=1S/C3HCl2N3O/c4-1-2(9)6-3(5)8-7-1/h(H,6,8,9). The van der Waals surface area contributed by atoms with Gasteiger partial charge < -0.3 is 0 Å². The summed E-state index contributed by atoms with van der Waals surface area (Å²) in [5, 5.41) is 6.21. The molecule has 0 radical (unpaired) electrons. The summed E-state index contributed by atoms with van der Waals surface area (Å²) >= 11 is 10.4.